The lowest BCUT2D eigenvalue weighted by Crippen LogP contribution is -2.44. The largest absolute Gasteiger partial charge is 0.493 e. The molecule has 0 radical (unpaired) electrons. The van der Waals surface area contributed by atoms with Crippen LogP contribution >= 0.6 is 0 Å². The molecule has 0 atom stereocenters. The summed E-state index contributed by atoms with van der Waals surface area (Å²) >= 11 is 0. The predicted molar refractivity (Wildman–Crippen MR) is 130 cm³/mol. The molecule has 0 spiro atoms. The molecular weight excluding hydrogens is 438 g/mol. The fourth-order valence-electron chi connectivity index (χ4n) is 4.07. The zero-order valence-electron chi connectivity index (χ0n) is 18.4. The van der Waals surface area contributed by atoms with Crippen molar-refractivity contribution >= 4 is 28.6 Å². The Hall–Kier alpha value is -4.38. The first-order valence-electron chi connectivity index (χ1n) is 10.8. The summed E-state index contributed by atoms with van der Waals surface area (Å²) in [6.07, 6.45) is 1.23. The maximum atomic E-state index is 12.5. The third kappa shape index (κ3) is 3.92. The van der Waals surface area contributed by atoms with Crippen molar-refractivity contribution < 1.29 is 5.11 Å². The average molecular weight is 461 g/mol. The molecule has 5 rings (SSSR count). The zero-order chi connectivity index (χ0) is 23.8. The monoisotopic (exact) mass is 461 g/mol. The van der Waals surface area contributed by atoms with Gasteiger partial charge in [-0.15, -0.1) is 0 Å². The number of hydrogen-bond donors (Lipinski definition) is 4. The van der Waals surface area contributed by atoms with E-state index in [-0.39, 0.29) is 11.3 Å². The van der Waals surface area contributed by atoms with E-state index in [0.29, 0.717) is 22.4 Å². The Morgan fingerprint density at radius 2 is 1.62 bits per heavy atom. The lowest BCUT2D eigenvalue weighted by atomic mass is 10.2. The number of para-hydroxylation sites is 1. The number of aromatic nitrogens is 4. The Bertz CT molecular complexity index is 1550. The molecule has 1 fully saturated rings. The summed E-state index contributed by atoms with van der Waals surface area (Å²) in [4.78, 5) is 53.3. The quantitative estimate of drug-likeness (QED) is 0.333. The maximum absolute atomic E-state index is 12.5. The highest BCUT2D eigenvalue weighted by molar-refractivity contribution is 5.91. The zero-order valence-corrected chi connectivity index (χ0v) is 18.4. The molecule has 1 aliphatic heterocycles. The number of benzene rings is 2. The van der Waals surface area contributed by atoms with E-state index in [2.05, 4.69) is 36.8 Å². The van der Waals surface area contributed by atoms with Crippen molar-refractivity contribution in [3.05, 3.63) is 79.4 Å². The van der Waals surface area contributed by atoms with Gasteiger partial charge < -0.3 is 24.9 Å². The first kappa shape index (κ1) is 21.5. The average Bonchev–Trinajstić information content (AvgIpc) is 3.18. The Morgan fingerprint density at radius 1 is 0.941 bits per heavy atom. The third-order valence-electron chi connectivity index (χ3n) is 5.92. The van der Waals surface area contributed by atoms with Crippen LogP contribution in [0.5, 0.6) is 5.88 Å². The van der Waals surface area contributed by atoms with Crippen LogP contribution in [0.2, 0.25) is 0 Å². The number of aliphatic imine (C=N–C) groups is 1. The van der Waals surface area contributed by atoms with Crippen LogP contribution in [-0.4, -0.2) is 69.0 Å². The number of anilines is 1. The van der Waals surface area contributed by atoms with Gasteiger partial charge in [-0.2, -0.15) is 0 Å². The van der Waals surface area contributed by atoms with Gasteiger partial charge in [-0.3, -0.25) is 14.8 Å². The number of imidazole rings is 1. The second-order valence-electron chi connectivity index (χ2n) is 8.18. The van der Waals surface area contributed by atoms with E-state index in [1.54, 1.807) is 36.4 Å². The Balaban J connectivity index is 1.62. The molecule has 174 valence electrons. The van der Waals surface area contributed by atoms with E-state index in [1.807, 2.05) is 6.07 Å². The molecule has 4 aromatic rings. The van der Waals surface area contributed by atoms with Gasteiger partial charge in [-0.1, -0.05) is 18.2 Å². The minimum atomic E-state index is -0.754. The highest BCUT2D eigenvalue weighted by Crippen LogP contribution is 2.33. The summed E-state index contributed by atoms with van der Waals surface area (Å²) in [5, 5.41) is 10.8. The van der Waals surface area contributed by atoms with Crippen molar-refractivity contribution in [1.29, 1.82) is 0 Å². The molecule has 11 heteroatoms. The van der Waals surface area contributed by atoms with Gasteiger partial charge in [-0.05, 0) is 31.3 Å². The minimum Gasteiger partial charge on any atom is -0.493 e. The highest BCUT2D eigenvalue weighted by atomic mass is 16.3. The molecule has 11 nitrogen and oxygen atoms in total. The van der Waals surface area contributed by atoms with Crippen LogP contribution in [0.25, 0.3) is 16.7 Å². The fraction of sp³-hybridized carbons (Fsp3) is 0.217. The minimum absolute atomic E-state index is 0.157. The van der Waals surface area contributed by atoms with Crippen molar-refractivity contribution in [3.8, 4) is 11.6 Å². The number of nitrogens with zero attached hydrogens (tertiary/aromatic N) is 4. The SMILES string of the molecule is CN1CCN(c2cc3[nH]c(=O)[nH]c3cc2N=Cc2c(O)n(-c3ccccc3)c(=O)[nH]c2=O)CC1. The highest BCUT2D eigenvalue weighted by Gasteiger charge is 2.19. The number of aromatic amines is 3. The summed E-state index contributed by atoms with van der Waals surface area (Å²) < 4.78 is 1.01. The van der Waals surface area contributed by atoms with Crippen LogP contribution in [0.15, 0.2) is 61.8 Å². The van der Waals surface area contributed by atoms with Gasteiger partial charge in [0.15, 0.2) is 0 Å². The molecule has 34 heavy (non-hydrogen) atoms. The van der Waals surface area contributed by atoms with E-state index in [4.69, 9.17) is 0 Å². The molecule has 0 aliphatic carbocycles. The second kappa shape index (κ2) is 8.52. The van der Waals surface area contributed by atoms with Gasteiger partial charge in [0.1, 0.15) is 5.56 Å². The fourth-order valence-corrected chi connectivity index (χ4v) is 4.07. The third-order valence-corrected chi connectivity index (χ3v) is 5.92. The van der Waals surface area contributed by atoms with Crippen molar-refractivity contribution in [2.75, 3.05) is 38.1 Å². The van der Waals surface area contributed by atoms with Crippen molar-refractivity contribution in [2.45, 2.75) is 0 Å². The van der Waals surface area contributed by atoms with Crippen molar-refractivity contribution in [2.24, 2.45) is 4.99 Å². The Morgan fingerprint density at radius 3 is 2.32 bits per heavy atom. The standard InChI is InChI=1S/C23H23N7O4/c1-28-7-9-29(10-8-28)19-12-17-16(25-22(33)26-17)11-18(19)24-13-15-20(31)27-23(34)30(21(15)32)14-5-3-2-4-6-14/h2-6,11-13,32H,7-10H2,1H3,(H2,25,26,33)(H,27,31,34). The molecule has 1 saturated heterocycles. The number of fused-ring (bicyclic) bond motifs is 1. The number of piperazine rings is 1. The smallest absolute Gasteiger partial charge is 0.335 e. The molecule has 0 unspecified atom stereocenters. The van der Waals surface area contributed by atoms with Gasteiger partial charge >= 0.3 is 11.4 Å². The summed E-state index contributed by atoms with van der Waals surface area (Å²) in [7, 11) is 2.06. The van der Waals surface area contributed by atoms with Gasteiger partial charge in [-0.25, -0.2) is 14.2 Å². The van der Waals surface area contributed by atoms with E-state index >= 15 is 0 Å². The lowest BCUT2D eigenvalue weighted by Gasteiger charge is -2.34. The van der Waals surface area contributed by atoms with E-state index < -0.39 is 17.1 Å². The number of H-pyrrole nitrogens is 3. The summed E-state index contributed by atoms with van der Waals surface area (Å²) in [5.74, 6) is -0.513. The van der Waals surface area contributed by atoms with Crippen molar-refractivity contribution in [3.63, 3.8) is 0 Å². The first-order valence-corrected chi connectivity index (χ1v) is 10.8. The van der Waals surface area contributed by atoms with E-state index in [0.717, 1.165) is 36.4 Å². The number of hydrogen-bond acceptors (Lipinski definition) is 7. The van der Waals surface area contributed by atoms with Crippen LogP contribution in [0.1, 0.15) is 5.56 Å². The number of aromatic hydroxyl groups is 1. The van der Waals surface area contributed by atoms with Gasteiger partial charge in [0, 0.05) is 32.4 Å². The number of rotatable bonds is 4. The van der Waals surface area contributed by atoms with E-state index in [9.17, 15) is 19.5 Å². The topological polar surface area (TPSA) is 143 Å². The Labute approximate surface area is 192 Å². The molecule has 2 aromatic heterocycles. The predicted octanol–water partition coefficient (Wildman–Crippen LogP) is 0.903. The van der Waals surface area contributed by atoms with Gasteiger partial charge in [0.05, 0.1) is 28.1 Å². The first-order chi connectivity index (χ1) is 16.4. The lowest BCUT2D eigenvalue weighted by molar-refractivity contribution is 0.313. The Kier molecular flexibility index (Phi) is 5.38. The molecule has 2 aromatic carbocycles. The summed E-state index contributed by atoms with van der Waals surface area (Å²) in [6, 6.07) is 12.1. The molecule has 0 bridgehead atoms. The van der Waals surface area contributed by atoms with E-state index in [1.165, 1.54) is 6.21 Å². The van der Waals surface area contributed by atoms with Gasteiger partial charge in [0.25, 0.3) is 5.56 Å². The van der Waals surface area contributed by atoms with Crippen molar-refractivity contribution in [1.82, 2.24) is 24.4 Å². The molecule has 4 N–H and O–H groups in total. The van der Waals surface area contributed by atoms with Crippen LogP contribution in [0.4, 0.5) is 11.4 Å². The summed E-state index contributed by atoms with van der Waals surface area (Å²) in [6.45, 7) is 3.27. The molecule has 0 amide bonds. The summed E-state index contributed by atoms with van der Waals surface area (Å²) in [5.41, 5.74) is 0.938. The van der Waals surface area contributed by atoms with Crippen LogP contribution in [0, 0.1) is 0 Å². The molecular formula is C23H23N7O4. The number of likely N-dealkylation sites (N-methyl/N-ethyl adjacent to an activating group) is 1. The van der Waals surface area contributed by atoms with Gasteiger partial charge in [0.2, 0.25) is 5.88 Å². The van der Waals surface area contributed by atoms with Crippen LogP contribution < -0.4 is 21.8 Å². The number of nitrogens with one attached hydrogen (secondary N) is 3. The maximum Gasteiger partial charge on any atom is 0.335 e. The molecule has 1 aliphatic rings. The molecule has 0 saturated carbocycles. The normalized spacial score (nSPS) is 14.9. The van der Waals surface area contributed by atoms with Crippen LogP contribution in [0.3, 0.4) is 0 Å². The van der Waals surface area contributed by atoms with Crippen LogP contribution in [-0.2, 0) is 0 Å². The molecule has 3 heterocycles. The second-order valence-corrected chi connectivity index (χ2v) is 8.18.